The second-order valence-electron chi connectivity index (χ2n) is 5.16. The van der Waals surface area contributed by atoms with E-state index in [0.717, 1.165) is 42.8 Å². The van der Waals surface area contributed by atoms with E-state index < -0.39 is 0 Å². The van der Waals surface area contributed by atoms with E-state index in [1.54, 1.807) is 16.8 Å². The maximum absolute atomic E-state index is 9.37. The Morgan fingerprint density at radius 2 is 2.14 bits per heavy atom. The summed E-state index contributed by atoms with van der Waals surface area (Å²) in [4.78, 5) is 0. The third kappa shape index (κ3) is 3.22. The van der Waals surface area contributed by atoms with Crippen LogP contribution in [0.4, 0.5) is 0 Å². The fourth-order valence-corrected chi connectivity index (χ4v) is 2.40. The van der Waals surface area contributed by atoms with E-state index in [-0.39, 0.29) is 12.0 Å². The zero-order valence-electron chi connectivity index (χ0n) is 12.0. The van der Waals surface area contributed by atoms with Gasteiger partial charge in [-0.15, -0.1) is 5.10 Å². The van der Waals surface area contributed by atoms with Crippen LogP contribution in [0, 0.1) is 0 Å². The largest absolute Gasteiger partial charge is 0.508 e. The van der Waals surface area contributed by atoms with Crippen molar-refractivity contribution < 1.29 is 14.6 Å². The zero-order valence-corrected chi connectivity index (χ0v) is 12.0. The average molecular weight is 289 g/mol. The third-order valence-electron chi connectivity index (χ3n) is 3.63. The quantitative estimate of drug-likeness (QED) is 0.934. The smallest absolute Gasteiger partial charge is 0.158 e. The predicted molar refractivity (Wildman–Crippen MR) is 76.5 cm³/mol. The summed E-state index contributed by atoms with van der Waals surface area (Å²) in [5.41, 5.74) is 2.58. The first-order chi connectivity index (χ1) is 10.2. The molecule has 6 heteroatoms. The molecule has 1 aliphatic heterocycles. The van der Waals surface area contributed by atoms with E-state index in [4.69, 9.17) is 9.47 Å². The molecule has 1 unspecified atom stereocenters. The Morgan fingerprint density at radius 1 is 1.33 bits per heavy atom. The Morgan fingerprint density at radius 3 is 2.86 bits per heavy atom. The molecule has 0 amide bonds. The van der Waals surface area contributed by atoms with Crippen LogP contribution in [0.25, 0.3) is 11.3 Å². The molecule has 112 valence electrons. The van der Waals surface area contributed by atoms with Crippen molar-refractivity contribution >= 4 is 0 Å². The Kier molecular flexibility index (Phi) is 4.17. The topological polar surface area (TPSA) is 69.4 Å². The molecule has 1 saturated heterocycles. The standard InChI is InChI=1S/C15H19N3O3/c1-18-13(10-21-14-4-2-3-9-20-14)15(16-17-18)11-5-7-12(19)8-6-11/h5-8,14,19H,2-4,9-10H2,1H3. The molecule has 0 bridgehead atoms. The van der Waals surface area contributed by atoms with Gasteiger partial charge in [0, 0.05) is 19.2 Å². The van der Waals surface area contributed by atoms with Crippen molar-refractivity contribution in [2.24, 2.45) is 7.05 Å². The minimum Gasteiger partial charge on any atom is -0.508 e. The summed E-state index contributed by atoms with van der Waals surface area (Å²) in [6, 6.07) is 6.91. The molecule has 1 aromatic heterocycles. The van der Waals surface area contributed by atoms with Gasteiger partial charge in [-0.2, -0.15) is 0 Å². The highest BCUT2D eigenvalue weighted by Crippen LogP contribution is 2.24. The number of rotatable bonds is 4. The van der Waals surface area contributed by atoms with Gasteiger partial charge in [0.1, 0.15) is 11.4 Å². The number of nitrogens with zero attached hydrogens (tertiary/aromatic N) is 3. The number of benzene rings is 1. The van der Waals surface area contributed by atoms with Crippen LogP contribution in [0.5, 0.6) is 5.75 Å². The van der Waals surface area contributed by atoms with Crippen molar-refractivity contribution in [2.75, 3.05) is 6.61 Å². The fourth-order valence-electron chi connectivity index (χ4n) is 2.40. The Labute approximate surface area is 123 Å². The van der Waals surface area contributed by atoms with E-state index in [0.29, 0.717) is 6.61 Å². The molecule has 1 N–H and O–H groups in total. The van der Waals surface area contributed by atoms with Crippen LogP contribution in [0.2, 0.25) is 0 Å². The molecule has 1 fully saturated rings. The van der Waals surface area contributed by atoms with Gasteiger partial charge in [-0.05, 0) is 43.5 Å². The number of hydrogen-bond acceptors (Lipinski definition) is 5. The van der Waals surface area contributed by atoms with E-state index in [1.165, 1.54) is 0 Å². The first-order valence-electron chi connectivity index (χ1n) is 7.15. The molecular weight excluding hydrogens is 270 g/mol. The third-order valence-corrected chi connectivity index (χ3v) is 3.63. The SMILES string of the molecule is Cn1nnc(-c2ccc(O)cc2)c1COC1CCCCO1. The number of aryl methyl sites for hydroxylation is 1. The van der Waals surface area contributed by atoms with Gasteiger partial charge in [-0.3, -0.25) is 0 Å². The Hall–Kier alpha value is -1.92. The second kappa shape index (κ2) is 6.24. The zero-order chi connectivity index (χ0) is 14.7. The highest BCUT2D eigenvalue weighted by molar-refractivity contribution is 5.62. The molecule has 21 heavy (non-hydrogen) atoms. The van der Waals surface area contributed by atoms with E-state index in [9.17, 15) is 5.11 Å². The predicted octanol–water partition coefficient (Wildman–Crippen LogP) is 2.23. The van der Waals surface area contributed by atoms with Gasteiger partial charge in [0.2, 0.25) is 0 Å². The van der Waals surface area contributed by atoms with Crippen molar-refractivity contribution in [3.63, 3.8) is 0 Å². The maximum Gasteiger partial charge on any atom is 0.158 e. The minimum absolute atomic E-state index is 0.138. The molecule has 0 saturated carbocycles. The van der Waals surface area contributed by atoms with E-state index >= 15 is 0 Å². The monoisotopic (exact) mass is 289 g/mol. The molecule has 3 rings (SSSR count). The van der Waals surface area contributed by atoms with Crippen molar-refractivity contribution in [1.29, 1.82) is 0 Å². The summed E-state index contributed by atoms with van der Waals surface area (Å²) < 4.78 is 13.1. The summed E-state index contributed by atoms with van der Waals surface area (Å²) in [6.45, 7) is 1.17. The molecule has 0 radical (unpaired) electrons. The first kappa shape index (κ1) is 14.0. The van der Waals surface area contributed by atoms with E-state index in [1.807, 2.05) is 19.2 Å². The molecule has 0 aliphatic carbocycles. The summed E-state index contributed by atoms with van der Waals surface area (Å²) >= 11 is 0. The van der Waals surface area contributed by atoms with Crippen LogP contribution in [0.15, 0.2) is 24.3 Å². The van der Waals surface area contributed by atoms with Gasteiger partial charge < -0.3 is 14.6 Å². The van der Waals surface area contributed by atoms with Crippen LogP contribution in [0.1, 0.15) is 25.0 Å². The molecule has 6 nitrogen and oxygen atoms in total. The van der Waals surface area contributed by atoms with Crippen LogP contribution in [-0.2, 0) is 23.1 Å². The van der Waals surface area contributed by atoms with Gasteiger partial charge in [0.15, 0.2) is 6.29 Å². The summed E-state index contributed by atoms with van der Waals surface area (Å²) in [5.74, 6) is 0.232. The molecule has 1 atom stereocenters. The molecular formula is C15H19N3O3. The van der Waals surface area contributed by atoms with Gasteiger partial charge in [0.25, 0.3) is 0 Å². The summed E-state index contributed by atoms with van der Waals surface area (Å²) in [7, 11) is 1.84. The van der Waals surface area contributed by atoms with E-state index in [2.05, 4.69) is 10.3 Å². The normalized spacial score (nSPS) is 18.8. The number of hydrogen-bond donors (Lipinski definition) is 1. The molecule has 2 heterocycles. The molecule has 1 aliphatic rings. The van der Waals surface area contributed by atoms with Gasteiger partial charge >= 0.3 is 0 Å². The molecule has 2 aromatic rings. The highest BCUT2D eigenvalue weighted by atomic mass is 16.7. The first-order valence-corrected chi connectivity index (χ1v) is 7.15. The lowest BCUT2D eigenvalue weighted by atomic mass is 10.1. The van der Waals surface area contributed by atoms with Crippen LogP contribution < -0.4 is 0 Å². The van der Waals surface area contributed by atoms with Crippen molar-refractivity contribution in [3.05, 3.63) is 30.0 Å². The van der Waals surface area contributed by atoms with Gasteiger partial charge in [0.05, 0.1) is 12.3 Å². The maximum atomic E-state index is 9.37. The number of phenolic OH excluding ortho intramolecular Hbond substituents is 1. The fraction of sp³-hybridized carbons (Fsp3) is 0.467. The van der Waals surface area contributed by atoms with Gasteiger partial charge in [-0.25, -0.2) is 4.68 Å². The number of aromatic nitrogens is 3. The average Bonchev–Trinajstić information content (AvgIpc) is 2.88. The number of ether oxygens (including phenoxy) is 2. The van der Waals surface area contributed by atoms with Crippen LogP contribution in [-0.4, -0.2) is 33.0 Å². The lowest BCUT2D eigenvalue weighted by molar-refractivity contribution is -0.169. The Bertz CT molecular complexity index is 589. The van der Waals surface area contributed by atoms with Gasteiger partial charge in [-0.1, -0.05) is 5.21 Å². The molecule has 0 spiro atoms. The van der Waals surface area contributed by atoms with Crippen LogP contribution >= 0.6 is 0 Å². The lowest BCUT2D eigenvalue weighted by Gasteiger charge is -2.22. The van der Waals surface area contributed by atoms with Crippen molar-refractivity contribution in [2.45, 2.75) is 32.2 Å². The van der Waals surface area contributed by atoms with Crippen LogP contribution in [0.3, 0.4) is 0 Å². The Balaban J connectivity index is 1.75. The van der Waals surface area contributed by atoms with Crippen molar-refractivity contribution in [3.8, 4) is 17.0 Å². The summed E-state index contributed by atoms with van der Waals surface area (Å²) in [5, 5.41) is 17.6. The number of aromatic hydroxyl groups is 1. The summed E-state index contributed by atoms with van der Waals surface area (Å²) in [6.07, 6.45) is 3.03. The van der Waals surface area contributed by atoms with Crippen molar-refractivity contribution in [1.82, 2.24) is 15.0 Å². The number of phenols is 1. The second-order valence-corrected chi connectivity index (χ2v) is 5.16. The minimum atomic E-state index is -0.138. The lowest BCUT2D eigenvalue weighted by Crippen LogP contribution is -2.22. The molecule has 1 aromatic carbocycles. The highest BCUT2D eigenvalue weighted by Gasteiger charge is 2.18.